The molecule has 1 aliphatic carbocycles. The maximum Gasteiger partial charge on any atom is 0.416 e. The van der Waals surface area contributed by atoms with Crippen molar-refractivity contribution in [3.63, 3.8) is 0 Å². The summed E-state index contributed by atoms with van der Waals surface area (Å²) in [7, 11) is 1.48. The first-order chi connectivity index (χ1) is 22.1. The molecule has 2 amide bonds. The van der Waals surface area contributed by atoms with E-state index in [1.54, 1.807) is 6.07 Å². The quantitative estimate of drug-likeness (QED) is 0.119. The van der Waals surface area contributed by atoms with Gasteiger partial charge in [0.25, 0.3) is 0 Å². The Morgan fingerprint density at radius 3 is 2.23 bits per heavy atom. The highest BCUT2D eigenvalue weighted by Crippen LogP contribution is 2.52. The number of alkyl halides is 6. The lowest BCUT2D eigenvalue weighted by molar-refractivity contribution is -0.143. The number of halogens is 7. The number of benzene rings is 2. The molecule has 2 heterocycles. The number of ether oxygens (including phenoxy) is 2. The number of fused-ring (bicyclic) bond motifs is 3. The van der Waals surface area contributed by atoms with Gasteiger partial charge in [0.05, 0.1) is 52.0 Å². The third kappa shape index (κ3) is 6.92. The number of imide groups is 1. The summed E-state index contributed by atoms with van der Waals surface area (Å²) in [6, 6.07) is 4.44. The third-order valence-corrected chi connectivity index (χ3v) is 10.0. The molecule has 0 unspecified atom stereocenters. The highest BCUT2D eigenvalue weighted by Gasteiger charge is 2.57. The van der Waals surface area contributed by atoms with Crippen molar-refractivity contribution in [1.82, 2.24) is 0 Å². The number of carbonyl (C=O) groups excluding carboxylic acids is 2. The number of hydrogen-bond acceptors (Lipinski definition) is 5. The molecule has 5 rings (SSSR count). The summed E-state index contributed by atoms with van der Waals surface area (Å²) < 4.78 is 93.8. The van der Waals surface area contributed by atoms with Crippen LogP contribution in [0.15, 0.2) is 47.1 Å². The largest absolute Gasteiger partial charge is 0.504 e. The second kappa shape index (κ2) is 13.4. The normalized spacial score (nSPS) is 23.4. The molecule has 0 saturated carbocycles. The third-order valence-electron chi connectivity index (χ3n) is 9.21. The number of methoxy groups -OCH3 is 1. The van der Waals surface area contributed by atoms with E-state index < -0.39 is 58.7 Å². The summed E-state index contributed by atoms with van der Waals surface area (Å²) in [6.45, 7) is 4.10. The first-order valence-electron chi connectivity index (χ1n) is 15.4. The number of phenolic OH excluding ortho intramolecular Hbond substituents is 1. The van der Waals surface area contributed by atoms with Gasteiger partial charge in [-0.2, -0.15) is 26.3 Å². The number of rotatable bonds is 9. The molecule has 2 aliphatic heterocycles. The number of amides is 2. The van der Waals surface area contributed by atoms with Crippen LogP contribution in [0.2, 0.25) is 0 Å². The van der Waals surface area contributed by atoms with Gasteiger partial charge in [0.15, 0.2) is 11.5 Å². The van der Waals surface area contributed by atoms with Gasteiger partial charge in [-0.1, -0.05) is 37.5 Å². The lowest BCUT2D eigenvalue weighted by Gasteiger charge is -2.31. The van der Waals surface area contributed by atoms with Gasteiger partial charge >= 0.3 is 12.4 Å². The molecule has 2 aromatic rings. The number of anilines is 1. The highest BCUT2D eigenvalue weighted by atomic mass is 127. The Bertz CT molecular complexity index is 1600. The van der Waals surface area contributed by atoms with Crippen molar-refractivity contribution in [2.24, 2.45) is 17.8 Å². The van der Waals surface area contributed by atoms with Crippen LogP contribution in [0.5, 0.6) is 11.5 Å². The number of aromatic hydroxyl groups is 1. The molecule has 2 saturated heterocycles. The highest BCUT2D eigenvalue weighted by molar-refractivity contribution is 14.1. The molecule has 3 aliphatic rings. The van der Waals surface area contributed by atoms with Crippen LogP contribution in [0.1, 0.15) is 69.1 Å². The molecular formula is C34H34F6INO5. The first-order valence-corrected chi connectivity index (χ1v) is 16.4. The zero-order valence-corrected chi connectivity index (χ0v) is 28.1. The summed E-state index contributed by atoms with van der Waals surface area (Å²) in [5, 5.41) is 10.2. The Morgan fingerprint density at radius 2 is 1.66 bits per heavy atom. The van der Waals surface area contributed by atoms with Gasteiger partial charge in [0.2, 0.25) is 11.8 Å². The topological polar surface area (TPSA) is 76.1 Å². The smallest absolute Gasteiger partial charge is 0.416 e. The van der Waals surface area contributed by atoms with E-state index in [1.807, 2.05) is 41.7 Å². The van der Waals surface area contributed by atoms with E-state index in [9.17, 15) is 41.0 Å². The van der Waals surface area contributed by atoms with Crippen LogP contribution < -0.4 is 9.64 Å². The van der Waals surface area contributed by atoms with Crippen LogP contribution >= 0.6 is 22.6 Å². The molecule has 0 spiro atoms. The molecule has 13 heteroatoms. The minimum Gasteiger partial charge on any atom is -0.504 e. The fourth-order valence-electron chi connectivity index (χ4n) is 7.11. The second-order valence-electron chi connectivity index (χ2n) is 12.1. The summed E-state index contributed by atoms with van der Waals surface area (Å²) >= 11 is 2.04. The summed E-state index contributed by atoms with van der Waals surface area (Å²) in [5.74, 6) is -3.54. The van der Waals surface area contributed by atoms with Crippen molar-refractivity contribution < 1.29 is 50.5 Å². The van der Waals surface area contributed by atoms with E-state index >= 15 is 0 Å². The maximum atomic E-state index is 13.8. The maximum absolute atomic E-state index is 13.8. The van der Waals surface area contributed by atoms with Crippen molar-refractivity contribution in [3.05, 3.63) is 67.3 Å². The van der Waals surface area contributed by atoms with Gasteiger partial charge in [0, 0.05) is 5.92 Å². The fourth-order valence-corrected chi connectivity index (χ4v) is 7.73. The average molecular weight is 778 g/mol. The van der Waals surface area contributed by atoms with E-state index in [0.717, 1.165) is 35.1 Å². The zero-order valence-electron chi connectivity index (χ0n) is 25.9. The standard InChI is InChI=1S/C34H34F6INO5/c1-4-6-17(9-18-10-25(41)30(43)27(11-18)46-3)7-8-26-28-19(5-2)12-23-29(24(28)16-47-26)32(45)42(31(23)44)22-14-20(33(35,36)37)13-21(15-22)34(38,39)40/h9-11,13-15,23-24,26,29,43H,4-8,12,16H2,1-3H3/b17-9+/t23-,24+,26-,29-/m1/s1. The Morgan fingerprint density at radius 1 is 1.00 bits per heavy atom. The SMILES string of the molecule is CCC/C(=C\c1cc(I)c(O)c(OC)c1)CC[C@H]1OC[C@H]2C1=C(CC)C[C@H]1C(=O)N(c3cc(C(F)(F)F)cc(C(F)(F)F)c3)C(=O)[C@H]12. The van der Waals surface area contributed by atoms with Crippen molar-refractivity contribution >= 4 is 46.2 Å². The van der Waals surface area contributed by atoms with Crippen LogP contribution in [0.3, 0.4) is 0 Å². The number of carbonyl (C=O) groups is 2. The number of nitrogens with zero attached hydrogens (tertiary/aromatic N) is 1. The minimum atomic E-state index is -5.12. The van der Waals surface area contributed by atoms with Crippen molar-refractivity contribution in [1.29, 1.82) is 0 Å². The van der Waals surface area contributed by atoms with E-state index in [2.05, 4.69) is 6.92 Å². The Labute approximate surface area is 281 Å². The van der Waals surface area contributed by atoms with E-state index in [1.165, 1.54) is 7.11 Å². The average Bonchev–Trinajstić information content (AvgIpc) is 3.54. The Hall–Kier alpha value is -3.07. The molecule has 47 heavy (non-hydrogen) atoms. The minimum absolute atomic E-state index is 0.0218. The molecule has 1 N–H and O–H groups in total. The predicted octanol–water partition coefficient (Wildman–Crippen LogP) is 8.94. The number of phenols is 1. The molecule has 0 aromatic heterocycles. The fraction of sp³-hybridized carbons (Fsp3) is 0.471. The zero-order chi connectivity index (χ0) is 34.4. The van der Waals surface area contributed by atoms with Gasteiger partial charge in [-0.3, -0.25) is 9.59 Å². The van der Waals surface area contributed by atoms with E-state index in [-0.39, 0.29) is 30.9 Å². The van der Waals surface area contributed by atoms with Crippen molar-refractivity contribution in [3.8, 4) is 11.5 Å². The molecule has 6 nitrogen and oxygen atoms in total. The van der Waals surface area contributed by atoms with Gasteiger partial charge in [-0.15, -0.1) is 0 Å². The van der Waals surface area contributed by atoms with E-state index in [0.29, 0.717) is 45.6 Å². The van der Waals surface area contributed by atoms with Crippen LogP contribution in [-0.4, -0.2) is 36.7 Å². The molecule has 2 aromatic carbocycles. The van der Waals surface area contributed by atoms with Crippen molar-refractivity contribution in [2.45, 2.75) is 70.8 Å². The molecule has 4 atom stereocenters. The van der Waals surface area contributed by atoms with Gasteiger partial charge in [0.1, 0.15) is 0 Å². The predicted molar refractivity (Wildman–Crippen MR) is 171 cm³/mol. The Kier molecular flexibility index (Phi) is 10.1. The molecular weight excluding hydrogens is 743 g/mol. The van der Waals surface area contributed by atoms with Crippen LogP contribution in [0.4, 0.5) is 32.0 Å². The van der Waals surface area contributed by atoms with Crippen LogP contribution in [0, 0.1) is 21.3 Å². The lowest BCUT2D eigenvalue weighted by atomic mass is 9.69. The summed E-state index contributed by atoms with van der Waals surface area (Å²) in [4.78, 5) is 27.9. The molecule has 0 bridgehead atoms. The molecule has 254 valence electrons. The lowest BCUT2D eigenvalue weighted by Crippen LogP contribution is -2.34. The Balaban J connectivity index is 1.42. The van der Waals surface area contributed by atoms with Crippen molar-refractivity contribution in [2.75, 3.05) is 18.6 Å². The summed E-state index contributed by atoms with van der Waals surface area (Å²) in [5.41, 5.74) is -0.0718. The molecule has 2 fully saturated rings. The van der Waals surface area contributed by atoms with Gasteiger partial charge in [-0.25, -0.2) is 4.90 Å². The van der Waals surface area contributed by atoms with E-state index in [4.69, 9.17) is 9.47 Å². The first kappa shape index (κ1) is 35.2. The van der Waals surface area contributed by atoms with Crippen LogP contribution in [0.25, 0.3) is 6.08 Å². The van der Waals surface area contributed by atoms with Crippen LogP contribution in [-0.2, 0) is 26.7 Å². The monoisotopic (exact) mass is 777 g/mol. The number of allylic oxidation sites excluding steroid dienone is 2. The number of hydrogen-bond donors (Lipinski definition) is 1. The van der Waals surface area contributed by atoms with Gasteiger partial charge < -0.3 is 14.6 Å². The summed E-state index contributed by atoms with van der Waals surface area (Å²) in [6.07, 6.45) is -4.88. The molecule has 0 radical (unpaired) electrons. The second-order valence-corrected chi connectivity index (χ2v) is 13.3. The van der Waals surface area contributed by atoms with Gasteiger partial charge in [-0.05, 0) is 96.2 Å².